The van der Waals surface area contributed by atoms with Crippen molar-refractivity contribution in [3.05, 3.63) is 35.4 Å². The Morgan fingerprint density at radius 1 is 1.21 bits per heavy atom. The first-order chi connectivity index (χ1) is 9.33. The van der Waals surface area contributed by atoms with Crippen molar-refractivity contribution in [1.29, 1.82) is 0 Å². The third-order valence-corrected chi connectivity index (χ3v) is 5.54. The molecule has 0 spiro atoms. The van der Waals surface area contributed by atoms with Gasteiger partial charge in [0.15, 0.2) is 0 Å². The summed E-state index contributed by atoms with van der Waals surface area (Å²) in [5.41, 5.74) is 2.90. The zero-order valence-corrected chi connectivity index (χ0v) is 13.1. The zero-order valence-electron chi connectivity index (χ0n) is 12.3. The Morgan fingerprint density at radius 2 is 1.89 bits per heavy atom. The normalized spacial score (nSPS) is 17.8. The number of thioether (sulfide) groups is 1. The summed E-state index contributed by atoms with van der Waals surface area (Å²) in [6.07, 6.45) is 8.15. The predicted molar refractivity (Wildman–Crippen MR) is 87.0 cm³/mol. The minimum Gasteiger partial charge on any atom is -0.312 e. The van der Waals surface area contributed by atoms with Crippen molar-refractivity contribution in [3.63, 3.8) is 0 Å². The molecule has 1 aliphatic rings. The number of benzene rings is 1. The maximum Gasteiger partial charge on any atom is 0.0409 e. The monoisotopic (exact) mass is 277 g/mol. The molecule has 0 heterocycles. The first-order valence-corrected chi connectivity index (χ1v) is 8.76. The Labute approximate surface area is 122 Å². The van der Waals surface area contributed by atoms with Gasteiger partial charge >= 0.3 is 0 Å². The van der Waals surface area contributed by atoms with Crippen molar-refractivity contribution in [2.45, 2.75) is 56.7 Å². The van der Waals surface area contributed by atoms with Crippen LogP contribution in [0, 0.1) is 0 Å². The van der Waals surface area contributed by atoms with E-state index in [1.54, 1.807) is 0 Å². The van der Waals surface area contributed by atoms with Crippen LogP contribution in [0.25, 0.3) is 0 Å². The van der Waals surface area contributed by atoms with Crippen molar-refractivity contribution in [1.82, 2.24) is 5.32 Å². The Balaban J connectivity index is 1.88. The van der Waals surface area contributed by atoms with E-state index in [-0.39, 0.29) is 0 Å². The molecule has 0 saturated heterocycles. The largest absolute Gasteiger partial charge is 0.312 e. The number of hydrogen-bond donors (Lipinski definition) is 1. The molecule has 1 saturated carbocycles. The third-order valence-electron chi connectivity index (χ3n) is 4.07. The summed E-state index contributed by atoms with van der Waals surface area (Å²) < 4.78 is 0. The highest BCUT2D eigenvalue weighted by atomic mass is 32.2. The molecule has 1 aromatic rings. The number of nitrogens with one attached hydrogen (secondary N) is 1. The number of rotatable bonds is 7. The highest BCUT2D eigenvalue weighted by Gasteiger charge is 2.18. The van der Waals surface area contributed by atoms with Crippen LogP contribution in [0.3, 0.4) is 0 Å². The van der Waals surface area contributed by atoms with Gasteiger partial charge in [0.05, 0.1) is 0 Å². The summed E-state index contributed by atoms with van der Waals surface area (Å²) >= 11 is 2.16. The van der Waals surface area contributed by atoms with Gasteiger partial charge in [0.2, 0.25) is 0 Å². The van der Waals surface area contributed by atoms with Crippen molar-refractivity contribution >= 4 is 11.8 Å². The molecule has 0 radical (unpaired) electrons. The summed E-state index contributed by atoms with van der Waals surface area (Å²) in [5, 5.41) is 4.39. The molecule has 1 fully saturated rings. The molecule has 1 nitrogen and oxygen atoms in total. The first-order valence-electron chi connectivity index (χ1n) is 7.71. The Morgan fingerprint density at radius 3 is 2.47 bits per heavy atom. The second-order valence-corrected chi connectivity index (χ2v) is 6.91. The molecule has 1 aliphatic carbocycles. The lowest BCUT2D eigenvalue weighted by molar-refractivity contribution is 0.659. The molecule has 0 aliphatic heterocycles. The fraction of sp³-hybridized carbons (Fsp3) is 0.647. The Kier molecular flexibility index (Phi) is 6.25. The summed E-state index contributed by atoms with van der Waals surface area (Å²) in [6, 6.07) is 9.71. The minimum absolute atomic E-state index is 0.501. The van der Waals surface area contributed by atoms with Crippen molar-refractivity contribution in [2.24, 2.45) is 0 Å². The fourth-order valence-electron chi connectivity index (χ4n) is 2.84. The molecule has 0 aromatic heterocycles. The molecule has 0 amide bonds. The van der Waals surface area contributed by atoms with Crippen LogP contribution in [0.2, 0.25) is 0 Å². The molecule has 2 heteroatoms. The maximum absolute atomic E-state index is 3.47. The lowest BCUT2D eigenvalue weighted by Crippen LogP contribution is -2.19. The van der Waals surface area contributed by atoms with E-state index in [2.05, 4.69) is 55.3 Å². The van der Waals surface area contributed by atoms with Crippen molar-refractivity contribution < 1.29 is 0 Å². The number of hydrogen-bond acceptors (Lipinski definition) is 2. The van der Waals surface area contributed by atoms with Gasteiger partial charge in [-0.2, -0.15) is 11.8 Å². The average molecular weight is 277 g/mol. The van der Waals surface area contributed by atoms with E-state index in [9.17, 15) is 0 Å². The SMILES string of the molecule is CCCc1ccc(C(CSC2CCCC2)NC)cc1. The van der Waals surface area contributed by atoms with Gasteiger partial charge in [0.1, 0.15) is 0 Å². The van der Waals surface area contributed by atoms with Crippen LogP contribution in [-0.4, -0.2) is 18.1 Å². The predicted octanol–water partition coefficient (Wildman–Crippen LogP) is 4.58. The van der Waals surface area contributed by atoms with Gasteiger partial charge in [-0.15, -0.1) is 0 Å². The van der Waals surface area contributed by atoms with Crippen molar-refractivity contribution in [3.8, 4) is 0 Å². The van der Waals surface area contributed by atoms with Crippen LogP contribution in [0.4, 0.5) is 0 Å². The summed E-state index contributed by atoms with van der Waals surface area (Å²) in [6.45, 7) is 2.24. The van der Waals surface area contributed by atoms with Gasteiger partial charge < -0.3 is 5.32 Å². The lowest BCUT2D eigenvalue weighted by Gasteiger charge is -2.19. The Bertz CT molecular complexity index is 354. The van der Waals surface area contributed by atoms with Crippen LogP contribution in [-0.2, 0) is 6.42 Å². The van der Waals surface area contributed by atoms with Gasteiger partial charge in [-0.05, 0) is 37.4 Å². The molecule has 1 unspecified atom stereocenters. The zero-order chi connectivity index (χ0) is 13.5. The van der Waals surface area contributed by atoms with Gasteiger partial charge in [-0.25, -0.2) is 0 Å². The van der Waals surface area contributed by atoms with Crippen LogP contribution >= 0.6 is 11.8 Å². The molecule has 1 atom stereocenters. The second kappa shape index (κ2) is 7.96. The molecule has 19 heavy (non-hydrogen) atoms. The first kappa shape index (κ1) is 14.9. The number of aryl methyl sites for hydroxylation is 1. The average Bonchev–Trinajstić information content (AvgIpc) is 2.95. The third kappa shape index (κ3) is 4.54. The minimum atomic E-state index is 0.501. The molecule has 1 aromatic carbocycles. The van der Waals surface area contributed by atoms with Crippen LogP contribution in [0.1, 0.15) is 56.2 Å². The van der Waals surface area contributed by atoms with E-state index in [0.717, 1.165) is 5.25 Å². The molecule has 2 rings (SSSR count). The van der Waals surface area contributed by atoms with Crippen molar-refractivity contribution in [2.75, 3.05) is 12.8 Å². The molecular formula is C17H27NS. The van der Waals surface area contributed by atoms with E-state index in [1.807, 2.05) is 0 Å². The lowest BCUT2D eigenvalue weighted by atomic mass is 10.0. The molecule has 1 N–H and O–H groups in total. The molecule has 106 valence electrons. The van der Waals surface area contributed by atoms with Gasteiger partial charge in [0.25, 0.3) is 0 Å². The maximum atomic E-state index is 3.47. The summed E-state index contributed by atoms with van der Waals surface area (Å²) in [7, 11) is 2.08. The fourth-order valence-corrected chi connectivity index (χ4v) is 4.33. The van der Waals surface area contributed by atoms with Gasteiger partial charge in [-0.3, -0.25) is 0 Å². The quantitative estimate of drug-likeness (QED) is 0.783. The second-order valence-electron chi connectivity index (χ2n) is 5.57. The van der Waals surface area contributed by atoms with E-state index in [0.29, 0.717) is 6.04 Å². The van der Waals surface area contributed by atoms with Gasteiger partial charge in [-0.1, -0.05) is 50.5 Å². The van der Waals surface area contributed by atoms with Crippen LogP contribution in [0.5, 0.6) is 0 Å². The summed E-state index contributed by atoms with van der Waals surface area (Å²) in [4.78, 5) is 0. The van der Waals surface area contributed by atoms with Crippen LogP contribution < -0.4 is 5.32 Å². The molecular weight excluding hydrogens is 250 g/mol. The smallest absolute Gasteiger partial charge is 0.0409 e. The van der Waals surface area contributed by atoms with E-state index < -0.39 is 0 Å². The standard InChI is InChI=1S/C17H27NS/c1-3-6-14-9-11-15(12-10-14)17(18-2)13-19-16-7-4-5-8-16/h9-12,16-18H,3-8,13H2,1-2H3. The van der Waals surface area contributed by atoms with Crippen LogP contribution in [0.15, 0.2) is 24.3 Å². The molecule has 0 bridgehead atoms. The van der Waals surface area contributed by atoms with E-state index >= 15 is 0 Å². The highest BCUT2D eigenvalue weighted by Crippen LogP contribution is 2.32. The summed E-state index contributed by atoms with van der Waals surface area (Å²) in [5.74, 6) is 1.20. The van der Waals surface area contributed by atoms with E-state index in [1.165, 1.54) is 55.4 Å². The van der Waals surface area contributed by atoms with E-state index in [4.69, 9.17) is 0 Å². The topological polar surface area (TPSA) is 12.0 Å². The highest BCUT2D eigenvalue weighted by molar-refractivity contribution is 7.99. The van der Waals surface area contributed by atoms with Gasteiger partial charge in [0, 0.05) is 17.0 Å². The Hall–Kier alpha value is -0.470.